The van der Waals surface area contributed by atoms with Crippen LogP contribution in [-0.4, -0.2) is 35.8 Å². The van der Waals surface area contributed by atoms with E-state index in [1.54, 1.807) is 26.8 Å². The van der Waals surface area contributed by atoms with E-state index in [0.717, 1.165) is 0 Å². The molecule has 0 bridgehead atoms. The first-order valence-electron chi connectivity index (χ1n) is 8.03. The zero-order chi connectivity index (χ0) is 19.8. The number of anilines is 1. The number of amides is 1. The Kier molecular flexibility index (Phi) is 5.59. The molecule has 0 atom stereocenters. The Bertz CT molecular complexity index is 762. The van der Waals surface area contributed by atoms with E-state index in [-0.39, 0.29) is 11.2 Å². The molecule has 1 amide bonds. The number of Topliss-reactive ketones (excluding diaryl/α,β-unsaturated/α-hetero) is 1. The Morgan fingerprint density at radius 1 is 1.08 bits per heavy atom. The number of carbonyl (C=O) groups excluding carboxylic acids is 2. The molecular weight excluding hydrogens is 344 g/mol. The first kappa shape index (κ1) is 21.3. The molecule has 0 saturated heterocycles. The van der Waals surface area contributed by atoms with Gasteiger partial charge in [0.1, 0.15) is 16.3 Å². The maximum atomic E-state index is 12.6. The Morgan fingerprint density at radius 3 is 2.00 bits per heavy atom. The van der Waals surface area contributed by atoms with Crippen molar-refractivity contribution in [3.63, 3.8) is 0 Å². The van der Waals surface area contributed by atoms with E-state index in [2.05, 4.69) is 10.5 Å². The van der Waals surface area contributed by atoms with Crippen LogP contribution < -0.4 is 5.32 Å². The van der Waals surface area contributed by atoms with E-state index in [1.165, 1.54) is 13.8 Å². The number of sulfone groups is 1. The summed E-state index contributed by atoms with van der Waals surface area (Å²) in [5, 5.41) is 6.21. The van der Waals surface area contributed by atoms with Crippen LogP contribution in [0.5, 0.6) is 0 Å². The van der Waals surface area contributed by atoms with Gasteiger partial charge in [0.25, 0.3) is 0 Å². The van der Waals surface area contributed by atoms with E-state index < -0.39 is 37.4 Å². The van der Waals surface area contributed by atoms with E-state index in [0.29, 0.717) is 5.76 Å². The lowest BCUT2D eigenvalue weighted by atomic mass is 9.92. The first-order valence-corrected chi connectivity index (χ1v) is 9.68. The van der Waals surface area contributed by atoms with E-state index in [4.69, 9.17) is 4.52 Å². The molecule has 0 spiro atoms. The molecule has 0 radical (unpaired) electrons. The highest BCUT2D eigenvalue weighted by molar-refractivity contribution is 7.94. The molecule has 25 heavy (non-hydrogen) atoms. The summed E-state index contributed by atoms with van der Waals surface area (Å²) < 4.78 is 28.5. The highest BCUT2D eigenvalue weighted by Gasteiger charge is 2.44. The Labute approximate surface area is 149 Å². The van der Waals surface area contributed by atoms with Gasteiger partial charge >= 0.3 is 0 Å². The van der Waals surface area contributed by atoms with Gasteiger partial charge in [0, 0.05) is 16.9 Å². The highest BCUT2D eigenvalue weighted by atomic mass is 32.2. The van der Waals surface area contributed by atoms with Gasteiger partial charge in [0.05, 0.1) is 0 Å². The Hall–Kier alpha value is -1.70. The molecule has 0 aliphatic rings. The van der Waals surface area contributed by atoms with Crippen LogP contribution in [0, 0.1) is 5.41 Å². The summed E-state index contributed by atoms with van der Waals surface area (Å²) >= 11 is 0. The zero-order valence-electron chi connectivity index (χ0n) is 16.2. The number of aromatic nitrogens is 1. The topological polar surface area (TPSA) is 106 Å². The van der Waals surface area contributed by atoms with Gasteiger partial charge in [0.15, 0.2) is 21.4 Å². The highest BCUT2D eigenvalue weighted by Crippen LogP contribution is 2.27. The molecular formula is C17H28N2O5S. The second kappa shape index (κ2) is 6.55. The molecule has 0 saturated carbocycles. The number of rotatable bonds is 5. The summed E-state index contributed by atoms with van der Waals surface area (Å²) in [7, 11) is -4.00. The molecule has 0 aliphatic carbocycles. The minimum absolute atomic E-state index is 0.139. The van der Waals surface area contributed by atoms with E-state index in [1.807, 2.05) is 20.8 Å². The molecule has 0 aliphatic heterocycles. The maximum absolute atomic E-state index is 12.6. The van der Waals surface area contributed by atoms with E-state index >= 15 is 0 Å². The molecule has 1 N–H and O–H groups in total. The first-order chi connectivity index (χ1) is 11.0. The van der Waals surface area contributed by atoms with Gasteiger partial charge in [-0.1, -0.05) is 46.7 Å². The standard InChI is InChI=1S/C17H28N2O5S/c1-15(2,3)11(20)10-25(22,23)17(7,8)14(21)18-13-9-12(24-19-13)16(4,5)6/h9H,10H2,1-8H3,(H,18,19,21). The molecule has 0 aromatic carbocycles. The minimum atomic E-state index is -4.00. The normalized spacial score (nSPS) is 13.6. The summed E-state index contributed by atoms with van der Waals surface area (Å²) in [5.41, 5.74) is -1.09. The minimum Gasteiger partial charge on any atom is -0.359 e. The van der Waals surface area contributed by atoms with Gasteiger partial charge in [-0.3, -0.25) is 9.59 Å². The number of hydrogen-bond donors (Lipinski definition) is 1. The lowest BCUT2D eigenvalue weighted by Crippen LogP contribution is -2.48. The lowest BCUT2D eigenvalue weighted by Gasteiger charge is -2.25. The number of nitrogens with one attached hydrogen (secondary N) is 1. The smallest absolute Gasteiger partial charge is 0.246 e. The lowest BCUT2D eigenvalue weighted by molar-refractivity contribution is -0.123. The number of nitrogens with zero attached hydrogens (tertiary/aromatic N) is 1. The third kappa shape index (κ3) is 4.90. The van der Waals surface area contributed by atoms with Crippen LogP contribution in [0.25, 0.3) is 0 Å². The fourth-order valence-corrected chi connectivity index (χ4v) is 3.14. The molecule has 1 aromatic heterocycles. The third-order valence-electron chi connectivity index (χ3n) is 3.97. The summed E-state index contributed by atoms with van der Waals surface area (Å²) in [6.45, 7) is 13.2. The SMILES string of the molecule is CC(C)(C)C(=O)CS(=O)(=O)C(C)(C)C(=O)Nc1cc(C(C)(C)C)on1. The average molecular weight is 372 g/mol. The molecule has 0 fully saturated rings. The summed E-state index contributed by atoms with van der Waals surface area (Å²) in [5.74, 6) is -1.19. The van der Waals surface area contributed by atoms with Gasteiger partial charge in [-0.25, -0.2) is 8.42 Å². The molecule has 1 rings (SSSR count). The van der Waals surface area contributed by atoms with Crippen molar-refractivity contribution >= 4 is 27.3 Å². The van der Waals surface area contributed by atoms with Crippen LogP contribution >= 0.6 is 0 Å². The van der Waals surface area contributed by atoms with Crippen LogP contribution in [0.1, 0.15) is 61.2 Å². The van der Waals surface area contributed by atoms with Crippen molar-refractivity contribution in [2.75, 3.05) is 11.1 Å². The molecule has 1 aromatic rings. The fraction of sp³-hybridized carbons (Fsp3) is 0.706. The Morgan fingerprint density at radius 2 is 1.60 bits per heavy atom. The summed E-state index contributed by atoms with van der Waals surface area (Å²) in [6.07, 6.45) is 0. The molecule has 1 heterocycles. The monoisotopic (exact) mass is 372 g/mol. The van der Waals surface area contributed by atoms with Crippen LogP contribution in [-0.2, 0) is 24.8 Å². The summed E-state index contributed by atoms with van der Waals surface area (Å²) in [4.78, 5) is 24.6. The van der Waals surface area contributed by atoms with Crippen molar-refractivity contribution in [3.05, 3.63) is 11.8 Å². The van der Waals surface area contributed by atoms with Crippen LogP contribution in [0.15, 0.2) is 10.6 Å². The molecule has 142 valence electrons. The number of hydrogen-bond acceptors (Lipinski definition) is 6. The zero-order valence-corrected chi connectivity index (χ0v) is 17.0. The average Bonchev–Trinajstić information content (AvgIpc) is 2.85. The predicted octanol–water partition coefficient (Wildman–Crippen LogP) is 2.72. The molecule has 0 unspecified atom stereocenters. The third-order valence-corrected chi connectivity index (χ3v) is 6.36. The predicted molar refractivity (Wildman–Crippen MR) is 96.2 cm³/mol. The molecule has 7 nitrogen and oxygen atoms in total. The molecule has 8 heteroatoms. The fourth-order valence-electron chi connectivity index (χ4n) is 1.67. The van der Waals surface area contributed by atoms with Gasteiger partial charge in [-0.2, -0.15) is 0 Å². The van der Waals surface area contributed by atoms with Gasteiger partial charge in [-0.15, -0.1) is 0 Å². The van der Waals surface area contributed by atoms with Crippen molar-refractivity contribution in [1.82, 2.24) is 5.16 Å². The van der Waals surface area contributed by atoms with Crippen molar-refractivity contribution in [2.45, 2.75) is 65.6 Å². The quantitative estimate of drug-likeness (QED) is 0.852. The van der Waals surface area contributed by atoms with Crippen LogP contribution in [0.3, 0.4) is 0 Å². The van der Waals surface area contributed by atoms with Crippen LogP contribution in [0.2, 0.25) is 0 Å². The number of ketones is 1. The number of carbonyl (C=O) groups is 2. The summed E-state index contributed by atoms with van der Waals surface area (Å²) in [6, 6.07) is 1.56. The maximum Gasteiger partial charge on any atom is 0.246 e. The second-order valence-corrected chi connectivity index (χ2v) is 11.3. The van der Waals surface area contributed by atoms with Gasteiger partial charge in [-0.05, 0) is 13.8 Å². The Balaban J connectivity index is 2.99. The van der Waals surface area contributed by atoms with Crippen molar-refractivity contribution < 1.29 is 22.5 Å². The van der Waals surface area contributed by atoms with Gasteiger partial charge in [0.2, 0.25) is 5.91 Å². The van der Waals surface area contributed by atoms with Crippen molar-refractivity contribution in [1.29, 1.82) is 0 Å². The van der Waals surface area contributed by atoms with Gasteiger partial charge < -0.3 is 9.84 Å². The van der Waals surface area contributed by atoms with E-state index in [9.17, 15) is 18.0 Å². The largest absolute Gasteiger partial charge is 0.359 e. The van der Waals surface area contributed by atoms with Crippen molar-refractivity contribution in [2.24, 2.45) is 5.41 Å². The van der Waals surface area contributed by atoms with Crippen LogP contribution in [0.4, 0.5) is 5.82 Å². The second-order valence-electron chi connectivity index (χ2n) is 8.72. The van der Waals surface area contributed by atoms with Crippen molar-refractivity contribution in [3.8, 4) is 0 Å².